The number of rotatable bonds is 5. The van der Waals surface area contributed by atoms with Crippen LogP contribution in [0.5, 0.6) is 0 Å². The average molecular weight is 261 g/mol. The minimum absolute atomic E-state index is 0.713. The monoisotopic (exact) mass is 261 g/mol. The van der Waals surface area contributed by atoms with E-state index in [0.29, 0.717) is 5.92 Å². The summed E-state index contributed by atoms with van der Waals surface area (Å²) >= 11 is 0. The average Bonchev–Trinajstić information content (AvgIpc) is 2.40. The molecular weight excluding hydrogens is 234 g/mol. The first-order valence-electron chi connectivity index (χ1n) is 7.38. The number of likely N-dealkylation sites (N-methyl/N-ethyl adjacent to an activating group) is 1. The Hall–Kier alpha value is -1.06. The zero-order chi connectivity index (χ0) is 13.7. The fraction of sp³-hybridized carbons (Fsp3) is 0.625. The molecule has 1 saturated heterocycles. The second-order valence-corrected chi connectivity index (χ2v) is 5.98. The normalized spacial score (nSPS) is 17.2. The van der Waals surface area contributed by atoms with E-state index in [-0.39, 0.29) is 0 Å². The Morgan fingerprint density at radius 2 is 1.68 bits per heavy atom. The van der Waals surface area contributed by atoms with Crippen LogP contribution in [-0.2, 0) is 6.54 Å². The van der Waals surface area contributed by atoms with Gasteiger partial charge in [0, 0.05) is 38.4 Å². The van der Waals surface area contributed by atoms with Gasteiger partial charge in [0.2, 0.25) is 0 Å². The van der Waals surface area contributed by atoms with Crippen LogP contribution in [0.25, 0.3) is 0 Å². The van der Waals surface area contributed by atoms with Crippen LogP contribution >= 0.6 is 0 Å². The predicted octanol–water partition coefficient (Wildman–Crippen LogP) is 2.18. The molecule has 0 saturated carbocycles. The summed E-state index contributed by atoms with van der Waals surface area (Å²) in [6.07, 6.45) is 0. The number of nitrogens with one attached hydrogen (secondary N) is 1. The molecule has 0 radical (unpaired) electrons. The van der Waals surface area contributed by atoms with Gasteiger partial charge in [-0.3, -0.25) is 0 Å². The minimum Gasteiger partial charge on any atom is -0.369 e. The largest absolute Gasteiger partial charge is 0.369 e. The molecule has 1 heterocycles. The van der Waals surface area contributed by atoms with Crippen molar-refractivity contribution < 1.29 is 0 Å². The molecule has 2 rings (SSSR count). The molecule has 0 spiro atoms. The van der Waals surface area contributed by atoms with E-state index in [0.717, 1.165) is 39.3 Å². The molecule has 3 heteroatoms. The highest BCUT2D eigenvalue weighted by Crippen LogP contribution is 2.17. The second-order valence-electron chi connectivity index (χ2n) is 5.98. The maximum absolute atomic E-state index is 3.49. The Morgan fingerprint density at radius 3 is 2.26 bits per heavy atom. The van der Waals surface area contributed by atoms with Gasteiger partial charge < -0.3 is 15.1 Å². The highest BCUT2D eigenvalue weighted by atomic mass is 15.2. The summed E-state index contributed by atoms with van der Waals surface area (Å²) in [5.74, 6) is 0.713. The Kier molecular flexibility index (Phi) is 5.23. The molecular formula is C16H27N3. The summed E-state index contributed by atoms with van der Waals surface area (Å²) in [5, 5.41) is 3.49. The van der Waals surface area contributed by atoms with E-state index in [9.17, 15) is 0 Å². The number of anilines is 1. The van der Waals surface area contributed by atoms with E-state index in [1.165, 1.54) is 11.3 Å². The summed E-state index contributed by atoms with van der Waals surface area (Å²) < 4.78 is 0. The molecule has 1 aromatic carbocycles. The van der Waals surface area contributed by atoms with E-state index in [1.807, 2.05) is 0 Å². The van der Waals surface area contributed by atoms with Crippen molar-refractivity contribution in [1.29, 1.82) is 0 Å². The Balaban J connectivity index is 1.84. The van der Waals surface area contributed by atoms with Gasteiger partial charge in [-0.25, -0.2) is 0 Å². The lowest BCUT2D eigenvalue weighted by molar-refractivity contribution is 0.313. The topological polar surface area (TPSA) is 18.5 Å². The predicted molar refractivity (Wildman–Crippen MR) is 82.7 cm³/mol. The van der Waals surface area contributed by atoms with E-state index in [1.54, 1.807) is 0 Å². The smallest absolute Gasteiger partial charge is 0.0367 e. The van der Waals surface area contributed by atoms with Crippen molar-refractivity contribution in [2.75, 3.05) is 44.7 Å². The Morgan fingerprint density at radius 1 is 1.05 bits per heavy atom. The highest BCUT2D eigenvalue weighted by Gasteiger charge is 2.13. The van der Waals surface area contributed by atoms with Crippen LogP contribution in [0.3, 0.4) is 0 Å². The molecule has 1 aromatic rings. The minimum atomic E-state index is 0.713. The first-order chi connectivity index (χ1) is 9.15. The van der Waals surface area contributed by atoms with E-state index in [4.69, 9.17) is 0 Å². The molecule has 0 aliphatic carbocycles. The molecule has 1 N–H and O–H groups in total. The lowest BCUT2D eigenvalue weighted by Gasteiger charge is -2.34. The quantitative estimate of drug-likeness (QED) is 0.876. The second kappa shape index (κ2) is 6.92. The summed E-state index contributed by atoms with van der Waals surface area (Å²) in [7, 11) is 2.20. The molecule has 1 aliphatic rings. The lowest BCUT2D eigenvalue weighted by atomic mass is 10.1. The number of hydrogen-bond acceptors (Lipinski definition) is 3. The van der Waals surface area contributed by atoms with Crippen molar-refractivity contribution in [2.45, 2.75) is 20.4 Å². The molecule has 1 fully saturated rings. The first kappa shape index (κ1) is 14.4. The molecule has 19 heavy (non-hydrogen) atoms. The van der Waals surface area contributed by atoms with Gasteiger partial charge in [-0.05, 0) is 37.2 Å². The molecule has 1 aliphatic heterocycles. The zero-order valence-corrected chi connectivity index (χ0v) is 12.5. The molecule has 0 aromatic heterocycles. The van der Waals surface area contributed by atoms with Gasteiger partial charge in [-0.15, -0.1) is 0 Å². The summed E-state index contributed by atoms with van der Waals surface area (Å²) in [6, 6.07) is 9.03. The van der Waals surface area contributed by atoms with Crippen LogP contribution in [0, 0.1) is 5.92 Å². The van der Waals surface area contributed by atoms with Gasteiger partial charge in [0.05, 0.1) is 0 Å². The Bertz CT molecular complexity index is 364. The van der Waals surface area contributed by atoms with Crippen LogP contribution in [0.4, 0.5) is 5.69 Å². The maximum atomic E-state index is 3.49. The van der Waals surface area contributed by atoms with Crippen LogP contribution in [0.2, 0.25) is 0 Å². The molecule has 0 atom stereocenters. The molecule has 106 valence electrons. The van der Waals surface area contributed by atoms with Crippen molar-refractivity contribution in [3.8, 4) is 0 Å². The third kappa shape index (κ3) is 4.51. The van der Waals surface area contributed by atoms with Gasteiger partial charge >= 0.3 is 0 Å². The summed E-state index contributed by atoms with van der Waals surface area (Å²) in [5.41, 5.74) is 2.74. The van der Waals surface area contributed by atoms with E-state index in [2.05, 4.69) is 60.3 Å². The fourth-order valence-electron chi connectivity index (χ4n) is 2.39. The molecule has 0 unspecified atom stereocenters. The van der Waals surface area contributed by atoms with E-state index >= 15 is 0 Å². The number of hydrogen-bond donors (Lipinski definition) is 1. The SMILES string of the molecule is CC(C)CNCc1ccc(N2CCN(C)CC2)cc1. The van der Waals surface area contributed by atoms with Crippen LogP contribution in [0.1, 0.15) is 19.4 Å². The van der Waals surface area contributed by atoms with Gasteiger partial charge in [-0.2, -0.15) is 0 Å². The molecule has 0 bridgehead atoms. The molecule has 3 nitrogen and oxygen atoms in total. The van der Waals surface area contributed by atoms with Crippen molar-refractivity contribution in [3.63, 3.8) is 0 Å². The van der Waals surface area contributed by atoms with Gasteiger partial charge in [0.25, 0.3) is 0 Å². The highest BCUT2D eigenvalue weighted by molar-refractivity contribution is 5.48. The van der Waals surface area contributed by atoms with Crippen molar-refractivity contribution in [2.24, 2.45) is 5.92 Å². The third-order valence-corrected chi connectivity index (χ3v) is 3.69. The van der Waals surface area contributed by atoms with Crippen LogP contribution in [-0.4, -0.2) is 44.7 Å². The first-order valence-corrected chi connectivity index (χ1v) is 7.38. The molecule has 0 amide bonds. The standard InChI is InChI=1S/C16H27N3/c1-14(2)12-17-13-15-4-6-16(7-5-15)19-10-8-18(3)9-11-19/h4-7,14,17H,8-13H2,1-3H3. The fourth-order valence-corrected chi connectivity index (χ4v) is 2.39. The van der Waals surface area contributed by atoms with Gasteiger partial charge in [-0.1, -0.05) is 26.0 Å². The zero-order valence-electron chi connectivity index (χ0n) is 12.5. The van der Waals surface area contributed by atoms with Gasteiger partial charge in [0.1, 0.15) is 0 Å². The van der Waals surface area contributed by atoms with Crippen molar-refractivity contribution in [1.82, 2.24) is 10.2 Å². The van der Waals surface area contributed by atoms with Crippen LogP contribution in [0.15, 0.2) is 24.3 Å². The Labute approximate surface area is 117 Å². The summed E-state index contributed by atoms with van der Waals surface area (Å²) in [4.78, 5) is 4.87. The lowest BCUT2D eigenvalue weighted by Crippen LogP contribution is -2.44. The maximum Gasteiger partial charge on any atom is 0.0367 e. The van der Waals surface area contributed by atoms with Crippen LogP contribution < -0.4 is 10.2 Å². The summed E-state index contributed by atoms with van der Waals surface area (Å²) in [6.45, 7) is 11.1. The van der Waals surface area contributed by atoms with Crippen molar-refractivity contribution in [3.05, 3.63) is 29.8 Å². The van der Waals surface area contributed by atoms with Crippen molar-refractivity contribution >= 4 is 5.69 Å². The van der Waals surface area contributed by atoms with Gasteiger partial charge in [0.15, 0.2) is 0 Å². The third-order valence-electron chi connectivity index (χ3n) is 3.69. The number of piperazine rings is 1. The van der Waals surface area contributed by atoms with E-state index < -0.39 is 0 Å². The number of benzene rings is 1. The number of nitrogens with zero attached hydrogens (tertiary/aromatic N) is 2.